The Hall–Kier alpha value is -2.15. The van der Waals surface area contributed by atoms with E-state index in [1.54, 1.807) is 21.3 Å². The van der Waals surface area contributed by atoms with E-state index in [-0.39, 0.29) is 0 Å². The molecule has 1 heterocycles. The zero-order valence-electron chi connectivity index (χ0n) is 18.0. The number of hydrogen-bond donors (Lipinski definition) is 2. The van der Waals surface area contributed by atoms with Crippen molar-refractivity contribution in [3.05, 3.63) is 12.1 Å². The number of piperidine rings is 1. The van der Waals surface area contributed by atoms with Gasteiger partial charge in [0.2, 0.25) is 5.75 Å². The number of hydrogen-bond acceptors (Lipinski definition) is 5. The lowest BCUT2D eigenvalue weighted by molar-refractivity contribution is 0.188. The third-order valence-corrected chi connectivity index (χ3v) is 5.23. The van der Waals surface area contributed by atoms with Crippen LogP contribution in [0.5, 0.6) is 17.2 Å². The van der Waals surface area contributed by atoms with Gasteiger partial charge in [-0.2, -0.15) is 0 Å². The van der Waals surface area contributed by atoms with E-state index in [1.165, 1.54) is 25.9 Å². The lowest BCUT2D eigenvalue weighted by Gasteiger charge is -2.30. The van der Waals surface area contributed by atoms with Crippen molar-refractivity contribution in [2.75, 3.05) is 59.4 Å². The van der Waals surface area contributed by atoms with Crippen molar-refractivity contribution >= 4 is 11.6 Å². The van der Waals surface area contributed by atoms with Crippen molar-refractivity contribution in [1.29, 1.82) is 0 Å². The van der Waals surface area contributed by atoms with Crippen LogP contribution < -0.4 is 24.8 Å². The van der Waals surface area contributed by atoms with Gasteiger partial charge < -0.3 is 29.7 Å². The zero-order chi connectivity index (χ0) is 20.4. The van der Waals surface area contributed by atoms with E-state index in [4.69, 9.17) is 19.2 Å². The maximum Gasteiger partial charge on any atom is 0.203 e. The third-order valence-electron chi connectivity index (χ3n) is 5.23. The van der Waals surface area contributed by atoms with Crippen LogP contribution in [0.2, 0.25) is 0 Å². The summed E-state index contributed by atoms with van der Waals surface area (Å²) in [6.45, 7) is 9.51. The summed E-state index contributed by atoms with van der Waals surface area (Å²) in [5.74, 6) is 3.35. The number of benzene rings is 1. The first-order chi connectivity index (χ1) is 13.6. The number of methoxy groups -OCH3 is 3. The minimum Gasteiger partial charge on any atom is -0.493 e. The molecule has 1 aliphatic heterocycles. The van der Waals surface area contributed by atoms with Crippen LogP contribution in [0.25, 0.3) is 0 Å². The highest BCUT2D eigenvalue weighted by Gasteiger charge is 2.18. The van der Waals surface area contributed by atoms with Gasteiger partial charge in [0.25, 0.3) is 0 Å². The highest BCUT2D eigenvalue weighted by Crippen LogP contribution is 2.39. The highest BCUT2D eigenvalue weighted by atomic mass is 16.5. The Balaban J connectivity index is 2.00. The predicted octanol–water partition coefficient (Wildman–Crippen LogP) is 3.21. The Labute approximate surface area is 169 Å². The fraction of sp³-hybridized carbons (Fsp3) is 0.667. The fourth-order valence-corrected chi connectivity index (χ4v) is 3.55. The van der Waals surface area contributed by atoms with Gasteiger partial charge in [0.1, 0.15) is 0 Å². The topological polar surface area (TPSA) is 67.4 Å². The number of ether oxygens (including phenoxy) is 3. The molecule has 0 saturated carbocycles. The van der Waals surface area contributed by atoms with E-state index in [2.05, 4.69) is 29.4 Å². The summed E-state index contributed by atoms with van der Waals surface area (Å²) in [5, 5.41) is 6.66. The summed E-state index contributed by atoms with van der Waals surface area (Å²) in [7, 11) is 4.83. The fourth-order valence-electron chi connectivity index (χ4n) is 3.55. The van der Waals surface area contributed by atoms with Crippen molar-refractivity contribution < 1.29 is 14.2 Å². The molecule has 2 rings (SSSR count). The van der Waals surface area contributed by atoms with E-state index in [0.29, 0.717) is 17.2 Å². The summed E-state index contributed by atoms with van der Waals surface area (Å²) < 4.78 is 16.2. The van der Waals surface area contributed by atoms with Crippen LogP contribution in [-0.4, -0.2) is 64.9 Å². The van der Waals surface area contributed by atoms with Gasteiger partial charge in [-0.25, -0.2) is 0 Å². The van der Waals surface area contributed by atoms with Gasteiger partial charge in [-0.1, -0.05) is 6.92 Å². The second-order valence-corrected chi connectivity index (χ2v) is 6.97. The quantitative estimate of drug-likeness (QED) is 0.497. The molecule has 158 valence electrons. The Morgan fingerprint density at radius 2 is 1.71 bits per heavy atom. The minimum atomic E-state index is 0.580. The molecule has 0 aliphatic carbocycles. The van der Waals surface area contributed by atoms with Gasteiger partial charge in [0.15, 0.2) is 17.5 Å². The molecule has 1 saturated heterocycles. The Morgan fingerprint density at radius 3 is 2.21 bits per heavy atom. The molecule has 0 bridgehead atoms. The molecule has 1 aliphatic rings. The van der Waals surface area contributed by atoms with Crippen molar-refractivity contribution in [3.8, 4) is 17.2 Å². The second-order valence-electron chi connectivity index (χ2n) is 6.97. The van der Waals surface area contributed by atoms with Crippen molar-refractivity contribution in [2.45, 2.75) is 33.1 Å². The van der Waals surface area contributed by atoms with Gasteiger partial charge >= 0.3 is 0 Å². The molecule has 7 nitrogen and oxygen atoms in total. The molecular formula is C21H36N4O3. The zero-order valence-corrected chi connectivity index (χ0v) is 18.0. The average molecular weight is 393 g/mol. The molecule has 0 radical (unpaired) electrons. The second kappa shape index (κ2) is 11.6. The number of nitrogens with zero attached hydrogens (tertiary/aromatic N) is 2. The van der Waals surface area contributed by atoms with Gasteiger partial charge in [0.05, 0.1) is 21.3 Å². The third kappa shape index (κ3) is 6.19. The smallest absolute Gasteiger partial charge is 0.203 e. The van der Waals surface area contributed by atoms with Crippen LogP contribution in [0, 0.1) is 5.92 Å². The van der Waals surface area contributed by atoms with Gasteiger partial charge in [-0.05, 0) is 51.7 Å². The van der Waals surface area contributed by atoms with Gasteiger partial charge in [0, 0.05) is 30.9 Å². The highest BCUT2D eigenvalue weighted by molar-refractivity contribution is 5.94. The van der Waals surface area contributed by atoms with Gasteiger partial charge in [-0.15, -0.1) is 0 Å². The largest absolute Gasteiger partial charge is 0.493 e. The SMILES string of the molecule is CCNC(=NCCC1CCN(CC)CC1)Nc1cc(OC)c(OC)c(OC)c1. The average Bonchev–Trinajstić information content (AvgIpc) is 2.73. The monoisotopic (exact) mass is 392 g/mol. The van der Waals surface area contributed by atoms with E-state index in [9.17, 15) is 0 Å². The Morgan fingerprint density at radius 1 is 1.07 bits per heavy atom. The molecule has 1 aromatic carbocycles. The summed E-state index contributed by atoms with van der Waals surface area (Å²) in [4.78, 5) is 7.29. The molecule has 1 aromatic rings. The lowest BCUT2D eigenvalue weighted by atomic mass is 9.94. The maximum atomic E-state index is 5.43. The van der Waals surface area contributed by atoms with Crippen LogP contribution in [0.1, 0.15) is 33.1 Å². The number of nitrogens with one attached hydrogen (secondary N) is 2. The number of rotatable bonds is 9. The van der Waals surface area contributed by atoms with E-state index >= 15 is 0 Å². The molecule has 1 fully saturated rings. The van der Waals surface area contributed by atoms with Crippen molar-refractivity contribution in [3.63, 3.8) is 0 Å². The molecule has 0 spiro atoms. The summed E-state index contributed by atoms with van der Waals surface area (Å²) in [6.07, 6.45) is 3.68. The van der Waals surface area contributed by atoms with Crippen LogP contribution >= 0.6 is 0 Å². The van der Waals surface area contributed by atoms with E-state index in [0.717, 1.165) is 43.6 Å². The van der Waals surface area contributed by atoms with E-state index in [1.807, 2.05) is 12.1 Å². The van der Waals surface area contributed by atoms with Crippen LogP contribution in [0.4, 0.5) is 5.69 Å². The molecule has 7 heteroatoms. The molecule has 28 heavy (non-hydrogen) atoms. The molecule has 2 N–H and O–H groups in total. The first kappa shape index (κ1) is 22.1. The summed E-state index contributed by atoms with van der Waals surface area (Å²) >= 11 is 0. The summed E-state index contributed by atoms with van der Waals surface area (Å²) in [5.41, 5.74) is 0.838. The summed E-state index contributed by atoms with van der Waals surface area (Å²) in [6, 6.07) is 3.77. The molecule has 0 atom stereocenters. The lowest BCUT2D eigenvalue weighted by Crippen LogP contribution is -2.34. The van der Waals surface area contributed by atoms with Gasteiger partial charge in [-0.3, -0.25) is 4.99 Å². The normalized spacial score (nSPS) is 16.0. The number of anilines is 1. The number of likely N-dealkylation sites (tertiary alicyclic amines) is 1. The molecule has 0 amide bonds. The molecular weight excluding hydrogens is 356 g/mol. The number of aliphatic imine (C=N–C) groups is 1. The first-order valence-corrected chi connectivity index (χ1v) is 10.2. The maximum absolute atomic E-state index is 5.43. The standard InChI is InChI=1S/C21H36N4O3/c1-6-22-21(23-11-8-16-9-12-25(7-2)13-10-16)24-17-14-18(26-3)20(28-5)19(15-17)27-4/h14-16H,6-13H2,1-5H3,(H2,22,23,24). The van der Waals surface area contributed by atoms with Crippen LogP contribution in [0.3, 0.4) is 0 Å². The van der Waals surface area contributed by atoms with E-state index < -0.39 is 0 Å². The van der Waals surface area contributed by atoms with Crippen molar-refractivity contribution in [2.24, 2.45) is 10.9 Å². The molecule has 0 unspecified atom stereocenters. The van der Waals surface area contributed by atoms with Crippen LogP contribution in [0.15, 0.2) is 17.1 Å². The Kier molecular flexibility index (Phi) is 9.20. The molecule has 0 aromatic heterocycles. The van der Waals surface area contributed by atoms with Crippen molar-refractivity contribution in [1.82, 2.24) is 10.2 Å². The predicted molar refractivity (Wildman–Crippen MR) is 115 cm³/mol. The Bertz CT molecular complexity index is 603. The van der Waals surface area contributed by atoms with Crippen LogP contribution in [-0.2, 0) is 0 Å². The number of guanidine groups is 1. The minimum absolute atomic E-state index is 0.580. The first-order valence-electron chi connectivity index (χ1n) is 10.2.